The Morgan fingerprint density at radius 1 is 1.42 bits per heavy atom. The fourth-order valence-corrected chi connectivity index (χ4v) is 5.10. The quantitative estimate of drug-likeness (QED) is 0.656. The van der Waals surface area contributed by atoms with Crippen molar-refractivity contribution in [3.63, 3.8) is 0 Å². The third-order valence-corrected chi connectivity index (χ3v) is 6.77. The van der Waals surface area contributed by atoms with E-state index in [4.69, 9.17) is 26.6 Å². The summed E-state index contributed by atoms with van der Waals surface area (Å²) in [5, 5.41) is -0.305. The Morgan fingerprint density at radius 3 is 3.23 bits per heavy atom. The highest BCUT2D eigenvalue weighted by Gasteiger charge is 2.49. The third kappa shape index (κ3) is 3.32. The van der Waals surface area contributed by atoms with E-state index in [1.54, 1.807) is 4.90 Å². The van der Waals surface area contributed by atoms with Crippen LogP contribution in [-0.4, -0.2) is 76.5 Å². The number of nitrogens with zero attached hydrogens (tertiary/aromatic N) is 5. The first-order valence-corrected chi connectivity index (χ1v) is 10.9. The Labute approximate surface area is 189 Å². The summed E-state index contributed by atoms with van der Waals surface area (Å²) < 4.78 is 75.6. The molecule has 0 radical (unpaired) electrons. The fraction of sp³-hybridized carbons (Fsp3) is 0.667. The van der Waals surface area contributed by atoms with E-state index in [1.807, 2.05) is 0 Å². The molecule has 10 heteroatoms. The van der Waals surface area contributed by atoms with Gasteiger partial charge < -0.3 is 14.4 Å². The fourth-order valence-electron chi connectivity index (χ4n) is 4.96. The summed E-state index contributed by atoms with van der Waals surface area (Å²) in [7, 11) is 0. The number of alkyl halides is 1. The van der Waals surface area contributed by atoms with E-state index in [9.17, 15) is 4.39 Å². The van der Waals surface area contributed by atoms with E-state index < -0.39 is 41.7 Å². The van der Waals surface area contributed by atoms with Gasteiger partial charge in [0, 0.05) is 35.0 Å². The molecule has 2 aromatic rings. The molecule has 6 rings (SSSR count). The Balaban J connectivity index is 1.47. The van der Waals surface area contributed by atoms with Crippen LogP contribution >= 0.6 is 11.6 Å². The standard InChI is InChI=1S/C21H24ClF2N5O2/c22-18-16(24)17-13(9-25-18)19(29-5-2-6-30-15-7-14(15)29)27-20(26-17)31-11-21-3-1-4-28(21)10-12(23)8-21/h9,12,14-15H,1-8,10-11H2/t12-,14-,15+,21+/m1/s1/i5D2,11D2. The van der Waals surface area contributed by atoms with Gasteiger partial charge in [-0.1, -0.05) is 11.6 Å². The number of halogens is 3. The monoisotopic (exact) mass is 455 g/mol. The van der Waals surface area contributed by atoms with Crippen molar-refractivity contribution in [1.29, 1.82) is 0 Å². The SMILES string of the molecule is [2H]C1([2H])CCO[C@H]2C[C@H]2N1c1nc(OC([2H])([2H])[C@@]23CCCN2C[C@H](F)C3)nc2c(F)c(Cl)ncc12. The van der Waals surface area contributed by atoms with Gasteiger partial charge in [0.25, 0.3) is 0 Å². The molecule has 5 heterocycles. The molecule has 1 saturated carbocycles. The number of hydrogen-bond donors (Lipinski definition) is 0. The average Bonchev–Trinajstić information content (AvgIpc) is 3.28. The lowest BCUT2D eigenvalue weighted by Crippen LogP contribution is -2.43. The number of aromatic nitrogens is 3. The second kappa shape index (κ2) is 7.35. The van der Waals surface area contributed by atoms with Crippen molar-refractivity contribution in [3.8, 4) is 6.01 Å². The van der Waals surface area contributed by atoms with Gasteiger partial charge in [0.15, 0.2) is 11.0 Å². The van der Waals surface area contributed by atoms with Crippen LogP contribution in [0.4, 0.5) is 14.6 Å². The van der Waals surface area contributed by atoms with Gasteiger partial charge in [-0.15, -0.1) is 0 Å². The number of fused-ring (bicyclic) bond motifs is 3. The zero-order chi connectivity index (χ0) is 24.8. The second-order valence-corrected chi connectivity index (χ2v) is 8.89. The first-order valence-electron chi connectivity index (χ1n) is 12.5. The molecule has 1 aliphatic carbocycles. The maximum absolute atomic E-state index is 15.1. The van der Waals surface area contributed by atoms with Crippen LogP contribution in [0.3, 0.4) is 0 Å². The normalized spacial score (nSPS) is 36.7. The number of pyridine rings is 1. The second-order valence-electron chi connectivity index (χ2n) is 8.53. The van der Waals surface area contributed by atoms with Crippen LogP contribution < -0.4 is 9.64 Å². The van der Waals surface area contributed by atoms with Crippen LogP contribution in [0.2, 0.25) is 5.15 Å². The number of anilines is 1. The zero-order valence-electron chi connectivity index (χ0n) is 20.7. The molecule has 3 aliphatic heterocycles. The van der Waals surface area contributed by atoms with E-state index in [0.29, 0.717) is 25.8 Å². The van der Waals surface area contributed by atoms with Crippen LogP contribution in [0.15, 0.2) is 6.20 Å². The maximum atomic E-state index is 15.1. The van der Waals surface area contributed by atoms with Crippen molar-refractivity contribution in [2.24, 2.45) is 0 Å². The van der Waals surface area contributed by atoms with Crippen LogP contribution in [0.5, 0.6) is 6.01 Å². The Bertz CT molecular complexity index is 1200. The first kappa shape index (κ1) is 15.9. The summed E-state index contributed by atoms with van der Waals surface area (Å²) in [6.45, 7) is -3.36. The lowest BCUT2D eigenvalue weighted by molar-refractivity contribution is 0.107. The van der Waals surface area contributed by atoms with E-state index in [0.717, 1.165) is 0 Å². The molecule has 0 bridgehead atoms. The van der Waals surface area contributed by atoms with Crippen molar-refractivity contribution in [1.82, 2.24) is 19.9 Å². The molecule has 3 saturated heterocycles. The van der Waals surface area contributed by atoms with Crippen LogP contribution in [0.25, 0.3) is 10.9 Å². The molecule has 31 heavy (non-hydrogen) atoms. The summed E-state index contributed by atoms with van der Waals surface area (Å²) in [5.74, 6) is -0.912. The van der Waals surface area contributed by atoms with Crippen molar-refractivity contribution in [2.75, 3.05) is 37.7 Å². The minimum Gasteiger partial charge on any atom is -0.461 e. The summed E-state index contributed by atoms with van der Waals surface area (Å²) in [6.07, 6.45) is 1.61. The third-order valence-electron chi connectivity index (χ3n) is 6.51. The van der Waals surface area contributed by atoms with Gasteiger partial charge in [-0.25, -0.2) is 13.8 Å². The molecule has 4 atom stereocenters. The number of hydrogen-bond acceptors (Lipinski definition) is 7. The highest BCUT2D eigenvalue weighted by atomic mass is 35.5. The summed E-state index contributed by atoms with van der Waals surface area (Å²) in [5.41, 5.74) is -1.44. The van der Waals surface area contributed by atoms with E-state index in [-0.39, 0.29) is 54.9 Å². The van der Waals surface area contributed by atoms with Crippen molar-refractivity contribution in [3.05, 3.63) is 17.2 Å². The predicted octanol–water partition coefficient (Wildman–Crippen LogP) is 3.14. The number of rotatable bonds is 4. The minimum absolute atomic E-state index is 0.0275. The highest BCUT2D eigenvalue weighted by Crippen LogP contribution is 2.42. The molecule has 0 aromatic carbocycles. The van der Waals surface area contributed by atoms with Gasteiger partial charge in [0.1, 0.15) is 24.1 Å². The lowest BCUT2D eigenvalue weighted by atomic mass is 9.95. The smallest absolute Gasteiger partial charge is 0.319 e. The van der Waals surface area contributed by atoms with Crippen LogP contribution in [0.1, 0.15) is 37.6 Å². The molecule has 0 unspecified atom stereocenters. The van der Waals surface area contributed by atoms with Crippen molar-refractivity contribution in [2.45, 2.75) is 56.0 Å². The molecular formula is C21H24ClF2N5O2. The molecule has 4 aliphatic rings. The van der Waals surface area contributed by atoms with Crippen molar-refractivity contribution < 1.29 is 23.7 Å². The summed E-state index contributed by atoms with van der Waals surface area (Å²) >= 11 is 5.90. The largest absolute Gasteiger partial charge is 0.461 e. The Morgan fingerprint density at radius 2 is 2.32 bits per heavy atom. The van der Waals surface area contributed by atoms with Gasteiger partial charge in [-0.3, -0.25) is 4.90 Å². The molecule has 7 nitrogen and oxygen atoms in total. The molecule has 166 valence electrons. The average molecular weight is 456 g/mol. The first-order chi connectivity index (χ1) is 16.5. The molecule has 0 spiro atoms. The zero-order valence-corrected chi connectivity index (χ0v) is 17.4. The maximum Gasteiger partial charge on any atom is 0.319 e. The van der Waals surface area contributed by atoms with E-state index in [1.165, 1.54) is 11.1 Å². The van der Waals surface area contributed by atoms with E-state index >= 15 is 4.39 Å². The molecule has 0 N–H and O–H groups in total. The van der Waals surface area contributed by atoms with Gasteiger partial charge in [0.2, 0.25) is 0 Å². The van der Waals surface area contributed by atoms with Crippen molar-refractivity contribution >= 4 is 28.3 Å². The predicted molar refractivity (Wildman–Crippen MR) is 111 cm³/mol. The van der Waals surface area contributed by atoms with Gasteiger partial charge in [0.05, 0.1) is 25.8 Å². The van der Waals surface area contributed by atoms with E-state index in [2.05, 4.69) is 15.0 Å². The Kier molecular flexibility index (Phi) is 3.77. The Hall–Kier alpha value is -1.84. The van der Waals surface area contributed by atoms with Crippen LogP contribution in [-0.2, 0) is 4.74 Å². The number of ether oxygens (including phenoxy) is 2. The summed E-state index contributed by atoms with van der Waals surface area (Å²) in [4.78, 5) is 15.6. The van der Waals surface area contributed by atoms with Gasteiger partial charge >= 0.3 is 6.01 Å². The summed E-state index contributed by atoms with van der Waals surface area (Å²) in [6, 6.07) is -0.805. The highest BCUT2D eigenvalue weighted by molar-refractivity contribution is 6.30. The molecular weight excluding hydrogens is 428 g/mol. The van der Waals surface area contributed by atoms with Gasteiger partial charge in [-0.2, -0.15) is 9.97 Å². The van der Waals surface area contributed by atoms with Crippen LogP contribution in [0, 0.1) is 5.82 Å². The topological polar surface area (TPSA) is 63.6 Å². The minimum atomic E-state index is -2.38. The molecule has 2 aromatic heterocycles. The lowest BCUT2D eigenvalue weighted by Gasteiger charge is -2.31. The molecule has 4 fully saturated rings. The van der Waals surface area contributed by atoms with Gasteiger partial charge in [-0.05, 0) is 32.2 Å². The molecule has 0 amide bonds.